The number of carbonyl (C=O) groups excluding carboxylic acids is 1. The Hall–Kier alpha value is -1.23. The van der Waals surface area contributed by atoms with Gasteiger partial charge in [0.25, 0.3) is 5.91 Å². The molecule has 0 unspecified atom stereocenters. The monoisotopic (exact) mass is 292 g/mol. The minimum absolute atomic E-state index is 0.109. The smallest absolute Gasteiger partial charge is 0.254 e. The second kappa shape index (κ2) is 6.48. The lowest BCUT2D eigenvalue weighted by molar-refractivity contribution is 0.0723. The van der Waals surface area contributed by atoms with Crippen molar-refractivity contribution < 1.29 is 9.53 Å². The molecule has 0 aliphatic carbocycles. The van der Waals surface area contributed by atoms with Gasteiger partial charge in [-0.1, -0.05) is 0 Å². The van der Waals surface area contributed by atoms with Crippen molar-refractivity contribution in [1.29, 1.82) is 0 Å². The summed E-state index contributed by atoms with van der Waals surface area (Å²) in [6.07, 6.45) is 6.44. The summed E-state index contributed by atoms with van der Waals surface area (Å²) >= 11 is 1.91. The normalized spacial score (nSPS) is 22.8. The zero-order valence-corrected chi connectivity index (χ0v) is 12.4. The van der Waals surface area contributed by atoms with Crippen LogP contribution in [0.3, 0.4) is 0 Å². The topological polar surface area (TPSA) is 42.4 Å². The molecule has 20 heavy (non-hydrogen) atoms. The van der Waals surface area contributed by atoms with E-state index in [9.17, 15) is 4.79 Å². The fourth-order valence-corrected chi connectivity index (χ4v) is 3.76. The van der Waals surface area contributed by atoms with E-state index in [1.807, 2.05) is 16.7 Å². The second-order valence-corrected chi connectivity index (χ2v) is 6.49. The van der Waals surface area contributed by atoms with Crippen LogP contribution in [0, 0.1) is 0 Å². The Morgan fingerprint density at radius 3 is 2.95 bits per heavy atom. The number of hydrogen-bond donors (Lipinski definition) is 0. The van der Waals surface area contributed by atoms with Crippen LogP contribution in [0.4, 0.5) is 0 Å². The molecule has 1 amide bonds. The van der Waals surface area contributed by atoms with Gasteiger partial charge in [0.05, 0.1) is 0 Å². The summed E-state index contributed by atoms with van der Waals surface area (Å²) in [5, 5.41) is 0. The first kappa shape index (κ1) is 13.7. The maximum Gasteiger partial charge on any atom is 0.254 e. The Kier molecular flexibility index (Phi) is 4.45. The molecule has 0 bridgehead atoms. The standard InChI is InChI=1S/C15H20N2O2S/c18-15(17-7-2-1-3-8-17)12-4-6-16-14(10-12)19-13-5-9-20-11-13/h4,6,10,13H,1-3,5,7-9,11H2/t13-/m1/s1. The molecule has 0 N–H and O–H groups in total. The van der Waals surface area contributed by atoms with Gasteiger partial charge in [0.2, 0.25) is 5.88 Å². The van der Waals surface area contributed by atoms with E-state index in [0.717, 1.165) is 43.9 Å². The average molecular weight is 292 g/mol. The first-order valence-corrected chi connectivity index (χ1v) is 8.48. The number of hydrogen-bond acceptors (Lipinski definition) is 4. The molecular weight excluding hydrogens is 272 g/mol. The van der Waals surface area contributed by atoms with Crippen LogP contribution in [0.1, 0.15) is 36.0 Å². The molecule has 0 radical (unpaired) electrons. The van der Waals surface area contributed by atoms with Gasteiger partial charge in [-0.05, 0) is 37.5 Å². The molecule has 0 aromatic carbocycles. The molecule has 1 aromatic heterocycles. The molecule has 5 heteroatoms. The summed E-state index contributed by atoms with van der Waals surface area (Å²) < 4.78 is 5.85. The average Bonchev–Trinajstić information content (AvgIpc) is 3.01. The van der Waals surface area contributed by atoms with Crippen LogP contribution in [0.15, 0.2) is 18.3 Å². The zero-order valence-electron chi connectivity index (χ0n) is 11.6. The van der Waals surface area contributed by atoms with Crippen molar-refractivity contribution in [3.63, 3.8) is 0 Å². The molecule has 3 heterocycles. The number of rotatable bonds is 3. The molecule has 3 rings (SSSR count). The van der Waals surface area contributed by atoms with Gasteiger partial charge >= 0.3 is 0 Å². The zero-order chi connectivity index (χ0) is 13.8. The second-order valence-electron chi connectivity index (χ2n) is 5.34. The lowest BCUT2D eigenvalue weighted by Gasteiger charge is -2.26. The van der Waals surface area contributed by atoms with Gasteiger partial charge < -0.3 is 9.64 Å². The maximum atomic E-state index is 12.4. The molecule has 4 nitrogen and oxygen atoms in total. The lowest BCUT2D eigenvalue weighted by Crippen LogP contribution is -2.35. The number of aromatic nitrogens is 1. The van der Waals surface area contributed by atoms with Crippen molar-refractivity contribution in [2.75, 3.05) is 24.6 Å². The van der Waals surface area contributed by atoms with Gasteiger partial charge in [-0.15, -0.1) is 0 Å². The molecule has 0 spiro atoms. The Bertz CT molecular complexity index is 469. The SMILES string of the molecule is O=C(c1ccnc(O[C@@H]2CCSC2)c1)N1CCCCC1. The minimum Gasteiger partial charge on any atom is -0.473 e. The summed E-state index contributed by atoms with van der Waals surface area (Å²) in [5.41, 5.74) is 0.697. The highest BCUT2D eigenvalue weighted by Crippen LogP contribution is 2.23. The quantitative estimate of drug-likeness (QED) is 0.859. The van der Waals surface area contributed by atoms with E-state index in [1.54, 1.807) is 18.3 Å². The third-order valence-corrected chi connectivity index (χ3v) is 4.93. The van der Waals surface area contributed by atoms with E-state index in [0.29, 0.717) is 11.4 Å². The van der Waals surface area contributed by atoms with Crippen molar-refractivity contribution in [3.05, 3.63) is 23.9 Å². The molecule has 0 saturated carbocycles. The number of amides is 1. The van der Waals surface area contributed by atoms with Crippen LogP contribution in [-0.2, 0) is 0 Å². The van der Waals surface area contributed by atoms with Crippen molar-refractivity contribution in [1.82, 2.24) is 9.88 Å². The van der Waals surface area contributed by atoms with Crippen molar-refractivity contribution >= 4 is 17.7 Å². The molecule has 1 atom stereocenters. The highest BCUT2D eigenvalue weighted by Gasteiger charge is 2.21. The van der Waals surface area contributed by atoms with Gasteiger partial charge in [-0.3, -0.25) is 4.79 Å². The van der Waals surface area contributed by atoms with Gasteiger partial charge in [0.15, 0.2) is 0 Å². The highest BCUT2D eigenvalue weighted by atomic mass is 32.2. The Labute approximate surface area is 123 Å². The molecule has 2 aliphatic heterocycles. The molecule has 2 saturated heterocycles. The van der Waals surface area contributed by atoms with Gasteiger partial charge in [0.1, 0.15) is 6.10 Å². The van der Waals surface area contributed by atoms with Crippen LogP contribution in [0.25, 0.3) is 0 Å². The molecule has 108 valence electrons. The van der Waals surface area contributed by atoms with Gasteiger partial charge in [-0.2, -0.15) is 11.8 Å². The van der Waals surface area contributed by atoms with Crippen molar-refractivity contribution in [2.24, 2.45) is 0 Å². The Balaban J connectivity index is 1.67. The maximum absolute atomic E-state index is 12.4. The predicted molar refractivity (Wildman–Crippen MR) is 80.3 cm³/mol. The summed E-state index contributed by atoms with van der Waals surface area (Å²) in [6.45, 7) is 1.74. The minimum atomic E-state index is 0.109. The Morgan fingerprint density at radius 1 is 1.35 bits per heavy atom. The van der Waals surface area contributed by atoms with E-state index < -0.39 is 0 Å². The number of pyridine rings is 1. The predicted octanol–water partition coefficient (Wildman–Crippen LogP) is 2.59. The fraction of sp³-hybridized carbons (Fsp3) is 0.600. The van der Waals surface area contributed by atoms with Crippen LogP contribution in [0.2, 0.25) is 0 Å². The number of nitrogens with zero attached hydrogens (tertiary/aromatic N) is 2. The number of piperidine rings is 1. The van der Waals surface area contributed by atoms with Crippen LogP contribution < -0.4 is 4.74 Å². The van der Waals surface area contributed by atoms with E-state index in [1.165, 1.54) is 6.42 Å². The van der Waals surface area contributed by atoms with E-state index in [2.05, 4.69) is 4.98 Å². The molecule has 2 fully saturated rings. The fourth-order valence-electron chi connectivity index (χ4n) is 2.66. The Morgan fingerprint density at radius 2 is 2.20 bits per heavy atom. The summed E-state index contributed by atoms with van der Waals surface area (Å²) in [5.74, 6) is 2.86. The molecule has 1 aromatic rings. The van der Waals surface area contributed by atoms with Crippen LogP contribution >= 0.6 is 11.8 Å². The summed E-state index contributed by atoms with van der Waals surface area (Å²) in [4.78, 5) is 18.6. The van der Waals surface area contributed by atoms with Crippen LogP contribution in [-0.4, -0.2) is 46.5 Å². The molecular formula is C15H20N2O2S. The molecule has 2 aliphatic rings. The third-order valence-electron chi connectivity index (χ3n) is 3.80. The highest BCUT2D eigenvalue weighted by molar-refractivity contribution is 7.99. The van der Waals surface area contributed by atoms with Gasteiger partial charge in [-0.25, -0.2) is 4.98 Å². The first-order valence-electron chi connectivity index (χ1n) is 7.33. The lowest BCUT2D eigenvalue weighted by atomic mass is 10.1. The first-order chi connectivity index (χ1) is 9.83. The number of carbonyl (C=O) groups is 1. The van der Waals surface area contributed by atoms with Gasteiger partial charge in [0, 0.05) is 36.7 Å². The van der Waals surface area contributed by atoms with Crippen molar-refractivity contribution in [3.8, 4) is 5.88 Å². The van der Waals surface area contributed by atoms with Crippen LogP contribution in [0.5, 0.6) is 5.88 Å². The summed E-state index contributed by atoms with van der Waals surface area (Å²) in [7, 11) is 0. The van der Waals surface area contributed by atoms with E-state index in [4.69, 9.17) is 4.74 Å². The largest absolute Gasteiger partial charge is 0.473 e. The number of ether oxygens (including phenoxy) is 1. The van der Waals surface area contributed by atoms with E-state index in [-0.39, 0.29) is 12.0 Å². The van der Waals surface area contributed by atoms with Crippen molar-refractivity contribution in [2.45, 2.75) is 31.8 Å². The number of thioether (sulfide) groups is 1. The summed E-state index contributed by atoms with van der Waals surface area (Å²) in [6, 6.07) is 3.58. The van der Waals surface area contributed by atoms with E-state index >= 15 is 0 Å². The number of likely N-dealkylation sites (tertiary alicyclic amines) is 1. The third kappa shape index (κ3) is 3.26.